The molecule has 2 aliphatic heterocycles. The summed E-state index contributed by atoms with van der Waals surface area (Å²) in [5, 5.41) is 24.4. The van der Waals surface area contributed by atoms with Crippen molar-refractivity contribution in [3.8, 4) is 0 Å². The summed E-state index contributed by atoms with van der Waals surface area (Å²) in [6, 6.07) is 11.8. The van der Waals surface area contributed by atoms with Gasteiger partial charge in [-0.05, 0) is 40.8 Å². The summed E-state index contributed by atoms with van der Waals surface area (Å²) in [6.45, 7) is 5.35. The molecule has 0 spiro atoms. The molecular formula is C25H30Cl2N8O. The van der Waals surface area contributed by atoms with Crippen molar-refractivity contribution in [2.75, 3.05) is 32.8 Å². The van der Waals surface area contributed by atoms with Gasteiger partial charge in [-0.15, -0.1) is 0 Å². The first kappa shape index (κ1) is 25.9. The lowest BCUT2D eigenvalue weighted by atomic mass is 9.73. The second kappa shape index (κ2) is 12.7. The van der Waals surface area contributed by atoms with Gasteiger partial charge in [-0.3, -0.25) is 0 Å². The first-order valence-corrected chi connectivity index (χ1v) is 12.7. The van der Waals surface area contributed by atoms with Gasteiger partial charge in [0.2, 0.25) is 11.9 Å². The molecule has 0 aromatic heterocycles. The van der Waals surface area contributed by atoms with Crippen molar-refractivity contribution < 1.29 is 5.11 Å². The van der Waals surface area contributed by atoms with Crippen LogP contribution in [0.25, 0.3) is 0 Å². The summed E-state index contributed by atoms with van der Waals surface area (Å²) >= 11 is 13.4. The molecule has 0 bridgehead atoms. The SMILES string of the molecule is CCCO.Clc1cccc2c1C(/C=N/NC1=NCCN1)c1cccc(Cl)c1C2/C=N/NC1=NCCN1. The van der Waals surface area contributed by atoms with E-state index in [0.717, 1.165) is 54.9 Å². The summed E-state index contributed by atoms with van der Waals surface area (Å²) < 4.78 is 0. The number of fused-ring (bicyclic) bond motifs is 2. The number of aliphatic hydroxyl groups excluding tert-OH is 1. The van der Waals surface area contributed by atoms with Crippen molar-refractivity contribution in [2.24, 2.45) is 20.2 Å². The zero-order valence-electron chi connectivity index (χ0n) is 20.0. The maximum atomic E-state index is 7.88. The topological polar surface area (TPSA) is 118 Å². The third-order valence-corrected chi connectivity index (χ3v) is 6.48. The quantitative estimate of drug-likeness (QED) is 0.302. The van der Waals surface area contributed by atoms with E-state index in [1.807, 2.05) is 43.6 Å². The lowest BCUT2D eigenvalue weighted by Gasteiger charge is -2.32. The van der Waals surface area contributed by atoms with Gasteiger partial charge in [0.15, 0.2) is 0 Å². The van der Waals surface area contributed by atoms with Crippen LogP contribution >= 0.6 is 23.2 Å². The molecule has 2 aromatic carbocycles. The third-order valence-electron chi connectivity index (χ3n) is 5.83. The first-order chi connectivity index (χ1) is 17.6. The van der Waals surface area contributed by atoms with E-state index in [2.05, 4.69) is 53.8 Å². The van der Waals surface area contributed by atoms with E-state index >= 15 is 0 Å². The maximum Gasteiger partial charge on any atom is 0.212 e. The Kier molecular flexibility index (Phi) is 9.16. The standard InChI is InChI=1S/C22H22Cl2N8.C3H8O/c23-17-5-1-3-13-15(11-29-31-21-25-7-8-26-21)20-14(4-2-6-18(20)24)16(19(13)17)12-30-32-22-27-9-10-28-22;1-2-3-4/h1-6,11-12,15-16H,7-10H2,(H2,25,26,31)(H2,27,28,32);4H,2-3H2,1H3/b29-11+,30-12+;. The van der Waals surface area contributed by atoms with Crippen molar-refractivity contribution in [3.05, 3.63) is 68.7 Å². The molecule has 2 atom stereocenters. The first-order valence-electron chi connectivity index (χ1n) is 12.0. The van der Waals surface area contributed by atoms with Crippen LogP contribution in [0.3, 0.4) is 0 Å². The normalized spacial score (nSPS) is 20.0. The van der Waals surface area contributed by atoms with Crippen molar-refractivity contribution in [1.29, 1.82) is 0 Å². The van der Waals surface area contributed by atoms with E-state index in [4.69, 9.17) is 28.3 Å². The van der Waals surface area contributed by atoms with Gasteiger partial charge in [-0.2, -0.15) is 10.2 Å². The Hall–Kier alpha value is -3.14. The molecule has 2 heterocycles. The van der Waals surface area contributed by atoms with Gasteiger partial charge in [-0.25, -0.2) is 20.8 Å². The molecule has 11 heteroatoms. The highest BCUT2D eigenvalue weighted by atomic mass is 35.5. The summed E-state index contributed by atoms with van der Waals surface area (Å²) in [7, 11) is 0. The smallest absolute Gasteiger partial charge is 0.212 e. The Balaban J connectivity index is 0.000000709. The fourth-order valence-corrected chi connectivity index (χ4v) is 4.82. The van der Waals surface area contributed by atoms with E-state index in [1.54, 1.807) is 0 Å². The van der Waals surface area contributed by atoms with Gasteiger partial charge in [0.1, 0.15) is 0 Å². The van der Waals surface area contributed by atoms with Crippen LogP contribution in [0, 0.1) is 0 Å². The van der Waals surface area contributed by atoms with Gasteiger partial charge >= 0.3 is 0 Å². The Morgan fingerprint density at radius 3 is 1.69 bits per heavy atom. The van der Waals surface area contributed by atoms with Crippen LogP contribution in [-0.2, 0) is 0 Å². The zero-order chi connectivity index (χ0) is 25.3. The number of rotatable bonds is 5. The van der Waals surface area contributed by atoms with E-state index in [1.165, 1.54) is 0 Å². The second-order valence-electron chi connectivity index (χ2n) is 8.26. The lowest BCUT2D eigenvalue weighted by molar-refractivity contribution is 0.295. The average Bonchev–Trinajstić information content (AvgIpc) is 3.60. The predicted octanol–water partition coefficient (Wildman–Crippen LogP) is 3.03. The lowest BCUT2D eigenvalue weighted by Crippen LogP contribution is -2.31. The maximum absolute atomic E-state index is 7.88. The number of nitrogens with zero attached hydrogens (tertiary/aromatic N) is 4. The molecule has 2 aromatic rings. The molecule has 0 amide bonds. The number of hydrazone groups is 2. The number of halogens is 2. The summed E-state index contributed by atoms with van der Waals surface area (Å²) in [6.07, 6.45) is 4.58. The minimum atomic E-state index is -0.166. The van der Waals surface area contributed by atoms with Gasteiger partial charge in [-0.1, -0.05) is 54.4 Å². The molecule has 0 radical (unpaired) electrons. The van der Waals surface area contributed by atoms with Crippen LogP contribution in [-0.4, -0.2) is 62.2 Å². The van der Waals surface area contributed by atoms with Crippen molar-refractivity contribution in [3.63, 3.8) is 0 Å². The fourth-order valence-electron chi connectivity index (χ4n) is 4.22. The van der Waals surface area contributed by atoms with E-state index < -0.39 is 0 Å². The summed E-state index contributed by atoms with van der Waals surface area (Å²) in [4.78, 5) is 8.62. The minimum Gasteiger partial charge on any atom is -0.396 e. The van der Waals surface area contributed by atoms with Gasteiger partial charge in [0.05, 0.1) is 13.1 Å². The largest absolute Gasteiger partial charge is 0.396 e. The summed E-state index contributed by atoms with van der Waals surface area (Å²) in [5.41, 5.74) is 10.0. The van der Waals surface area contributed by atoms with Gasteiger partial charge in [0.25, 0.3) is 0 Å². The molecule has 9 nitrogen and oxygen atoms in total. The minimum absolute atomic E-state index is 0.166. The van der Waals surface area contributed by atoms with Crippen molar-refractivity contribution >= 4 is 47.6 Å². The summed E-state index contributed by atoms with van der Waals surface area (Å²) in [5.74, 6) is 1.00. The van der Waals surface area contributed by atoms with Crippen molar-refractivity contribution in [1.82, 2.24) is 21.5 Å². The average molecular weight is 529 g/mol. The molecule has 1 aliphatic carbocycles. The molecule has 3 aliphatic rings. The molecule has 36 heavy (non-hydrogen) atoms. The van der Waals surface area contributed by atoms with E-state index in [-0.39, 0.29) is 11.8 Å². The van der Waals surface area contributed by atoms with E-state index in [0.29, 0.717) is 28.6 Å². The number of hydrogen-bond acceptors (Lipinski definition) is 9. The number of aliphatic imine (C=N–C) groups is 2. The highest BCUT2D eigenvalue weighted by Crippen LogP contribution is 2.46. The zero-order valence-corrected chi connectivity index (χ0v) is 21.5. The Bertz CT molecular complexity index is 1090. The second-order valence-corrected chi connectivity index (χ2v) is 9.07. The van der Waals surface area contributed by atoms with Crippen LogP contribution in [0.4, 0.5) is 0 Å². The molecule has 5 N–H and O–H groups in total. The monoisotopic (exact) mass is 528 g/mol. The highest BCUT2D eigenvalue weighted by molar-refractivity contribution is 6.33. The predicted molar refractivity (Wildman–Crippen MR) is 148 cm³/mol. The molecule has 190 valence electrons. The van der Waals surface area contributed by atoms with Gasteiger partial charge < -0.3 is 15.7 Å². The number of nitrogens with one attached hydrogen (secondary N) is 4. The third kappa shape index (κ3) is 5.98. The fraction of sp³-hybridized carbons (Fsp3) is 0.360. The molecule has 0 saturated carbocycles. The number of guanidine groups is 2. The molecule has 0 fully saturated rings. The van der Waals surface area contributed by atoms with Gasteiger partial charge in [0, 0.05) is 54.0 Å². The van der Waals surface area contributed by atoms with Crippen LogP contribution in [0.5, 0.6) is 0 Å². The van der Waals surface area contributed by atoms with Crippen LogP contribution in [0.1, 0.15) is 47.4 Å². The Morgan fingerprint density at radius 1 is 0.889 bits per heavy atom. The van der Waals surface area contributed by atoms with Crippen LogP contribution in [0.2, 0.25) is 10.0 Å². The molecule has 0 saturated heterocycles. The molecular weight excluding hydrogens is 499 g/mol. The van der Waals surface area contributed by atoms with Crippen LogP contribution in [0.15, 0.2) is 56.6 Å². The van der Waals surface area contributed by atoms with Crippen molar-refractivity contribution in [2.45, 2.75) is 25.2 Å². The number of aliphatic hydroxyl groups is 1. The Labute approximate surface area is 220 Å². The molecule has 5 rings (SSSR count). The highest BCUT2D eigenvalue weighted by Gasteiger charge is 2.34. The van der Waals surface area contributed by atoms with Crippen LogP contribution < -0.4 is 21.5 Å². The Morgan fingerprint density at radius 2 is 1.33 bits per heavy atom. The number of hydrogen-bond donors (Lipinski definition) is 5. The van der Waals surface area contributed by atoms with E-state index in [9.17, 15) is 0 Å². The molecule has 2 unspecified atom stereocenters. The number of benzene rings is 2.